The van der Waals surface area contributed by atoms with Crippen LogP contribution in [-0.4, -0.2) is 30.9 Å². The lowest BCUT2D eigenvalue weighted by Crippen LogP contribution is -2.18. The Hall–Kier alpha value is -2.18. The highest BCUT2D eigenvalue weighted by atomic mass is 79.9. The van der Waals surface area contributed by atoms with Crippen molar-refractivity contribution in [3.8, 4) is 0 Å². The molecule has 1 aliphatic rings. The highest BCUT2D eigenvalue weighted by Crippen LogP contribution is 2.26. The van der Waals surface area contributed by atoms with Gasteiger partial charge in [-0.05, 0) is 63.8 Å². The average molecular weight is 405 g/mol. The summed E-state index contributed by atoms with van der Waals surface area (Å²) < 4.78 is 0.173. The first-order valence-electron chi connectivity index (χ1n) is 7.86. The van der Waals surface area contributed by atoms with Gasteiger partial charge >= 0.3 is 0 Å². The molecule has 0 saturated heterocycles. The second-order valence-electron chi connectivity index (χ2n) is 6.29. The van der Waals surface area contributed by atoms with Gasteiger partial charge in [0.2, 0.25) is 11.6 Å². The number of benzene rings is 1. The Bertz CT molecular complexity index is 774. The zero-order chi connectivity index (χ0) is 18.7. The number of hydroxylamine groups is 1. The molecule has 0 saturated carbocycles. The molecule has 0 amide bonds. The lowest BCUT2D eigenvalue weighted by Gasteiger charge is -2.16. The second kappa shape index (κ2) is 7.80. The highest BCUT2D eigenvalue weighted by Gasteiger charge is 2.26. The minimum Gasteiger partial charge on any atom is -0.378 e. The molecule has 0 heterocycles. The quantitative estimate of drug-likeness (QED) is 0.609. The molecule has 132 valence electrons. The number of nitrogens with zero attached hydrogens (tertiary/aromatic N) is 2. The number of Topliss-reactive ketones (excluding diaryl/α,β-unsaturated/α-hetero) is 2. The molecular formula is C19H21BrN2O3. The van der Waals surface area contributed by atoms with Crippen LogP contribution in [0.3, 0.4) is 0 Å². The molecule has 5 nitrogen and oxygen atoms in total. The molecule has 0 aromatic heterocycles. The fourth-order valence-electron chi connectivity index (χ4n) is 2.36. The van der Waals surface area contributed by atoms with Crippen molar-refractivity contribution in [3.63, 3.8) is 0 Å². The fraction of sp³-hybridized carbons (Fsp3) is 0.263. The molecule has 2 rings (SSSR count). The van der Waals surface area contributed by atoms with Crippen LogP contribution in [0.5, 0.6) is 0 Å². The van der Waals surface area contributed by atoms with Crippen LogP contribution in [0.15, 0.2) is 58.2 Å². The van der Waals surface area contributed by atoms with Crippen LogP contribution < -0.4 is 9.96 Å². The number of hydrogen-bond acceptors (Lipinski definition) is 5. The maximum Gasteiger partial charge on any atom is 0.240 e. The number of allylic oxidation sites excluding steroid dienone is 5. The van der Waals surface area contributed by atoms with E-state index in [-0.39, 0.29) is 10.4 Å². The molecule has 1 aromatic carbocycles. The molecule has 0 unspecified atom stereocenters. The summed E-state index contributed by atoms with van der Waals surface area (Å²) in [4.78, 5) is 26.2. The van der Waals surface area contributed by atoms with Crippen molar-refractivity contribution in [1.29, 1.82) is 0 Å². The van der Waals surface area contributed by atoms with Gasteiger partial charge in [0.25, 0.3) is 0 Å². The van der Waals surface area contributed by atoms with E-state index in [0.717, 1.165) is 10.8 Å². The number of ketones is 2. The first-order chi connectivity index (χ1) is 11.7. The summed E-state index contributed by atoms with van der Waals surface area (Å²) in [7, 11) is 3.88. The smallest absolute Gasteiger partial charge is 0.240 e. The van der Waals surface area contributed by atoms with E-state index in [1.807, 2.05) is 45.0 Å². The molecule has 1 aliphatic carbocycles. The van der Waals surface area contributed by atoms with Crippen molar-refractivity contribution in [2.24, 2.45) is 5.92 Å². The molecule has 0 radical (unpaired) electrons. The van der Waals surface area contributed by atoms with Gasteiger partial charge in [0.15, 0.2) is 0 Å². The second-order valence-corrected chi connectivity index (χ2v) is 7.14. The Morgan fingerprint density at radius 3 is 2.08 bits per heavy atom. The average Bonchev–Trinajstić information content (AvgIpc) is 2.67. The van der Waals surface area contributed by atoms with Gasteiger partial charge in [0.1, 0.15) is 0 Å². The first kappa shape index (κ1) is 19.1. The van der Waals surface area contributed by atoms with Gasteiger partial charge in [0, 0.05) is 31.6 Å². The zero-order valence-corrected chi connectivity index (χ0v) is 16.2. The third-order valence-corrected chi connectivity index (χ3v) is 4.41. The van der Waals surface area contributed by atoms with Gasteiger partial charge in [0.05, 0.1) is 10.2 Å². The fourth-order valence-corrected chi connectivity index (χ4v) is 2.81. The molecular weight excluding hydrogens is 384 g/mol. The summed E-state index contributed by atoms with van der Waals surface area (Å²) in [5.74, 6) is -1.21. The maximum atomic E-state index is 12.2. The first-order valence-corrected chi connectivity index (χ1v) is 8.65. The van der Waals surface area contributed by atoms with E-state index in [1.54, 1.807) is 18.2 Å². The molecule has 0 aliphatic heterocycles. The lowest BCUT2D eigenvalue weighted by molar-refractivity contribution is -0.131. The van der Waals surface area contributed by atoms with Gasteiger partial charge in [-0.2, -0.15) is 0 Å². The van der Waals surface area contributed by atoms with Gasteiger partial charge in [-0.3, -0.25) is 14.8 Å². The van der Waals surface area contributed by atoms with E-state index in [9.17, 15) is 14.8 Å². The van der Waals surface area contributed by atoms with E-state index in [2.05, 4.69) is 15.9 Å². The van der Waals surface area contributed by atoms with Crippen LogP contribution in [0.4, 0.5) is 11.4 Å². The number of hydrogen-bond donors (Lipinski definition) is 1. The van der Waals surface area contributed by atoms with Crippen molar-refractivity contribution in [2.75, 3.05) is 24.1 Å². The van der Waals surface area contributed by atoms with E-state index >= 15 is 0 Å². The Labute approximate surface area is 156 Å². The number of halogens is 1. The maximum absolute atomic E-state index is 12.2. The zero-order valence-electron chi connectivity index (χ0n) is 14.7. The summed E-state index contributed by atoms with van der Waals surface area (Å²) in [5, 5.41) is 11.3. The predicted molar refractivity (Wildman–Crippen MR) is 103 cm³/mol. The van der Waals surface area contributed by atoms with E-state index in [0.29, 0.717) is 16.8 Å². The van der Waals surface area contributed by atoms with E-state index in [4.69, 9.17) is 0 Å². The minimum absolute atomic E-state index is 0.0989. The normalized spacial score (nSPS) is 16.7. The SMILES string of the molecule is CC(C)C1=C/C(=C/N(O)c2ccc(N(C)C)cc2)C=C(Br)C(=O)C1=O. The molecule has 0 bridgehead atoms. The van der Waals surface area contributed by atoms with Crippen molar-refractivity contribution in [2.45, 2.75) is 13.8 Å². The number of rotatable bonds is 4. The summed E-state index contributed by atoms with van der Waals surface area (Å²) in [6, 6.07) is 7.34. The van der Waals surface area contributed by atoms with Crippen LogP contribution in [0.25, 0.3) is 0 Å². The van der Waals surface area contributed by atoms with E-state index in [1.165, 1.54) is 12.3 Å². The Kier molecular flexibility index (Phi) is 5.98. The summed E-state index contributed by atoms with van der Waals surface area (Å²) in [6.45, 7) is 3.70. The molecule has 0 spiro atoms. The molecule has 0 fully saturated rings. The van der Waals surface area contributed by atoms with Gasteiger partial charge in [-0.1, -0.05) is 13.8 Å². The monoisotopic (exact) mass is 404 g/mol. The van der Waals surface area contributed by atoms with Gasteiger partial charge in [-0.25, -0.2) is 5.06 Å². The van der Waals surface area contributed by atoms with Crippen molar-refractivity contribution >= 4 is 38.9 Å². The van der Waals surface area contributed by atoms with E-state index < -0.39 is 11.6 Å². The van der Waals surface area contributed by atoms with Crippen LogP contribution in [0.1, 0.15) is 13.8 Å². The third-order valence-electron chi connectivity index (χ3n) is 3.82. The molecule has 0 atom stereocenters. The van der Waals surface area contributed by atoms with Gasteiger partial charge in [-0.15, -0.1) is 0 Å². The van der Waals surface area contributed by atoms with Crippen LogP contribution in [0, 0.1) is 5.92 Å². The summed E-state index contributed by atoms with van der Waals surface area (Å²) in [6.07, 6.45) is 4.64. The van der Waals surface area contributed by atoms with Crippen molar-refractivity contribution in [3.05, 3.63) is 58.2 Å². The third kappa shape index (κ3) is 4.46. The number of carbonyl (C=O) groups is 2. The Balaban J connectivity index is 2.39. The molecule has 1 aromatic rings. The summed E-state index contributed by atoms with van der Waals surface area (Å²) >= 11 is 3.14. The lowest BCUT2D eigenvalue weighted by atomic mass is 9.96. The topological polar surface area (TPSA) is 60.9 Å². The largest absolute Gasteiger partial charge is 0.378 e. The van der Waals surface area contributed by atoms with Crippen LogP contribution >= 0.6 is 15.9 Å². The molecule has 25 heavy (non-hydrogen) atoms. The standard InChI is InChI=1S/C19H21BrN2O3/c1-12(2)16-9-13(10-17(20)19(24)18(16)23)11-22(25)15-7-5-14(6-8-15)21(3)4/h5-12,25H,1-4H3/b13-11-. The van der Waals surface area contributed by atoms with Crippen molar-refractivity contribution in [1.82, 2.24) is 0 Å². The minimum atomic E-state index is -0.580. The predicted octanol–water partition coefficient (Wildman–Crippen LogP) is 3.85. The number of anilines is 2. The van der Waals surface area contributed by atoms with Crippen LogP contribution in [0.2, 0.25) is 0 Å². The van der Waals surface area contributed by atoms with Gasteiger partial charge < -0.3 is 4.90 Å². The van der Waals surface area contributed by atoms with Crippen molar-refractivity contribution < 1.29 is 14.8 Å². The molecule has 6 heteroatoms. The number of carbonyl (C=O) groups excluding carboxylic acids is 2. The summed E-state index contributed by atoms with van der Waals surface area (Å²) in [5.41, 5.74) is 2.55. The highest BCUT2D eigenvalue weighted by molar-refractivity contribution is 9.12. The van der Waals surface area contributed by atoms with Crippen LogP contribution in [-0.2, 0) is 9.59 Å². The molecule has 1 N–H and O–H groups in total. The Morgan fingerprint density at radius 1 is 1.00 bits per heavy atom. The Morgan fingerprint density at radius 2 is 1.56 bits per heavy atom.